The minimum atomic E-state index is -1.22. The zero-order valence-electron chi connectivity index (χ0n) is 21.8. The lowest BCUT2D eigenvalue weighted by Gasteiger charge is -2.27. The molecule has 196 valence electrons. The molecule has 5 rings (SSSR count). The van der Waals surface area contributed by atoms with Crippen molar-refractivity contribution in [1.29, 1.82) is 0 Å². The van der Waals surface area contributed by atoms with Crippen molar-refractivity contribution < 1.29 is 13.9 Å². The van der Waals surface area contributed by atoms with Gasteiger partial charge in [-0.3, -0.25) is 9.48 Å². The molecule has 0 saturated carbocycles. The summed E-state index contributed by atoms with van der Waals surface area (Å²) in [4.78, 5) is 22.6. The van der Waals surface area contributed by atoms with Crippen LogP contribution in [0, 0.1) is 5.82 Å². The maximum absolute atomic E-state index is 14.1. The van der Waals surface area contributed by atoms with Gasteiger partial charge >= 0.3 is 0 Å². The highest BCUT2D eigenvalue weighted by Gasteiger charge is 2.26. The van der Waals surface area contributed by atoms with E-state index in [9.17, 15) is 9.18 Å². The van der Waals surface area contributed by atoms with Crippen molar-refractivity contribution in [3.8, 4) is 11.4 Å². The molecule has 9 nitrogen and oxygen atoms in total. The number of halogens is 1. The first-order valence-electron chi connectivity index (χ1n) is 12.9. The lowest BCUT2D eigenvalue weighted by Crippen LogP contribution is -2.43. The molecule has 4 heterocycles. The number of carbonyl (C=O) groups excluding carboxylic acids is 1. The first-order valence-corrected chi connectivity index (χ1v) is 16.6. The smallest absolute Gasteiger partial charge is 0.255 e. The van der Waals surface area contributed by atoms with E-state index in [2.05, 4.69) is 30.3 Å². The number of rotatable bonds is 10. The number of amides is 1. The van der Waals surface area contributed by atoms with Crippen molar-refractivity contribution in [3.63, 3.8) is 0 Å². The number of benzene rings is 1. The molecule has 1 aromatic carbocycles. The molecule has 0 unspecified atom stereocenters. The molecule has 1 fully saturated rings. The Kier molecular flexibility index (Phi) is 7.10. The summed E-state index contributed by atoms with van der Waals surface area (Å²) in [5, 5.41) is 11.8. The predicted octanol–water partition coefficient (Wildman–Crippen LogP) is 4.18. The molecule has 1 saturated heterocycles. The highest BCUT2D eigenvalue weighted by atomic mass is 28.3. The molecule has 0 aliphatic carbocycles. The molecule has 0 bridgehead atoms. The summed E-state index contributed by atoms with van der Waals surface area (Å²) < 4.78 is 23.8. The average Bonchev–Trinajstić information content (AvgIpc) is 3.37. The largest absolute Gasteiger partial charge is 0.361 e. The quantitative estimate of drug-likeness (QED) is 0.239. The number of fused-ring (bicyclic) bond motifs is 2. The first-order chi connectivity index (χ1) is 17.7. The molecule has 1 aliphatic heterocycles. The number of nitrogens with zero attached hydrogens (tertiary/aromatic N) is 5. The lowest BCUT2D eigenvalue weighted by atomic mass is 10.1. The minimum Gasteiger partial charge on any atom is -0.361 e. The first kappa shape index (κ1) is 25.5. The Morgan fingerprint density at radius 1 is 1.30 bits per heavy atom. The van der Waals surface area contributed by atoms with Crippen LogP contribution >= 0.6 is 0 Å². The van der Waals surface area contributed by atoms with Crippen molar-refractivity contribution in [3.05, 3.63) is 42.0 Å². The molecule has 0 radical (unpaired) electrons. The lowest BCUT2D eigenvalue weighted by molar-refractivity contribution is 0.0892. The Morgan fingerprint density at radius 2 is 2.11 bits per heavy atom. The van der Waals surface area contributed by atoms with Gasteiger partial charge in [0.25, 0.3) is 5.91 Å². The maximum Gasteiger partial charge on any atom is 0.255 e. The van der Waals surface area contributed by atoms with Crippen LogP contribution in [0.25, 0.3) is 33.5 Å². The van der Waals surface area contributed by atoms with Crippen LogP contribution in [0.2, 0.25) is 25.7 Å². The molecule has 37 heavy (non-hydrogen) atoms. The molecule has 4 aromatic rings. The third-order valence-corrected chi connectivity index (χ3v) is 8.29. The van der Waals surface area contributed by atoms with E-state index in [0.29, 0.717) is 48.0 Å². The second-order valence-corrected chi connectivity index (χ2v) is 16.4. The second-order valence-electron chi connectivity index (χ2n) is 10.8. The standard InChI is InChI=1S/C26H34FN7O2Si/c1-5-8-29-26(35)20-15-33(16-36-9-10-37(2,3)4)25-24(20)31-21(14-30-25)23-19-7-6-17(27)11-22(19)34(32-23)18-12-28-13-18/h6-7,11,14-15,18,28H,5,8-10,12-13,16H2,1-4H3,(H,29,35). The monoisotopic (exact) mass is 523 g/mol. The van der Waals surface area contributed by atoms with Gasteiger partial charge in [0.15, 0.2) is 5.65 Å². The summed E-state index contributed by atoms with van der Waals surface area (Å²) in [5.74, 6) is -0.507. The fourth-order valence-electron chi connectivity index (χ4n) is 4.33. The van der Waals surface area contributed by atoms with Gasteiger partial charge in [-0.15, -0.1) is 0 Å². The Morgan fingerprint density at radius 3 is 2.81 bits per heavy atom. The number of nitrogens with one attached hydrogen (secondary N) is 2. The molecule has 3 aromatic heterocycles. The summed E-state index contributed by atoms with van der Waals surface area (Å²) >= 11 is 0. The zero-order chi connectivity index (χ0) is 26.2. The van der Waals surface area contributed by atoms with Crippen molar-refractivity contribution in [2.24, 2.45) is 0 Å². The van der Waals surface area contributed by atoms with Crippen LogP contribution in [0.15, 0.2) is 30.6 Å². The van der Waals surface area contributed by atoms with E-state index in [0.717, 1.165) is 36.5 Å². The number of carbonyl (C=O) groups is 1. The van der Waals surface area contributed by atoms with Gasteiger partial charge in [-0.05, 0) is 30.7 Å². The Bertz CT molecular complexity index is 1440. The van der Waals surface area contributed by atoms with Crippen LogP contribution in [-0.2, 0) is 11.5 Å². The number of hydrogen-bond donors (Lipinski definition) is 2. The van der Waals surface area contributed by atoms with Crippen LogP contribution in [0.1, 0.15) is 29.7 Å². The average molecular weight is 524 g/mol. The third kappa shape index (κ3) is 5.29. The Balaban J connectivity index is 1.55. The van der Waals surface area contributed by atoms with Crippen LogP contribution in [0.4, 0.5) is 4.39 Å². The van der Waals surface area contributed by atoms with Crippen molar-refractivity contribution in [1.82, 2.24) is 34.9 Å². The van der Waals surface area contributed by atoms with E-state index in [-0.39, 0.29) is 17.8 Å². The number of ether oxygens (including phenoxy) is 1. The van der Waals surface area contributed by atoms with Gasteiger partial charge in [-0.2, -0.15) is 5.10 Å². The zero-order valence-corrected chi connectivity index (χ0v) is 22.8. The van der Waals surface area contributed by atoms with E-state index in [1.165, 1.54) is 12.1 Å². The molecule has 1 aliphatic rings. The van der Waals surface area contributed by atoms with E-state index < -0.39 is 8.07 Å². The highest BCUT2D eigenvalue weighted by Crippen LogP contribution is 2.31. The molecular formula is C26H34FN7O2Si. The van der Waals surface area contributed by atoms with Gasteiger partial charge in [0.1, 0.15) is 29.5 Å². The fraction of sp³-hybridized carbons (Fsp3) is 0.462. The van der Waals surface area contributed by atoms with Gasteiger partial charge in [0.05, 0.1) is 23.3 Å². The van der Waals surface area contributed by atoms with Crippen LogP contribution < -0.4 is 10.6 Å². The van der Waals surface area contributed by atoms with Crippen molar-refractivity contribution >= 4 is 36.0 Å². The van der Waals surface area contributed by atoms with E-state index >= 15 is 0 Å². The molecular weight excluding hydrogens is 489 g/mol. The van der Waals surface area contributed by atoms with Crippen molar-refractivity contribution in [2.45, 2.75) is 51.8 Å². The summed E-state index contributed by atoms with van der Waals surface area (Å²) in [6.07, 6.45) is 4.26. The third-order valence-electron chi connectivity index (χ3n) is 6.59. The topological polar surface area (TPSA) is 98.9 Å². The van der Waals surface area contributed by atoms with E-state index in [1.807, 2.05) is 16.2 Å². The van der Waals surface area contributed by atoms with Gasteiger partial charge in [-0.1, -0.05) is 26.6 Å². The van der Waals surface area contributed by atoms with Gasteiger partial charge < -0.3 is 19.9 Å². The SMILES string of the molecule is CCCNC(=O)c1cn(COCC[Si](C)(C)C)c2ncc(-c3nn(C4CNC4)c4cc(F)ccc34)nc12. The van der Waals surface area contributed by atoms with Gasteiger partial charge in [0, 0.05) is 45.9 Å². The fourth-order valence-corrected chi connectivity index (χ4v) is 5.09. The normalized spacial score (nSPS) is 14.4. The molecule has 1 amide bonds. The van der Waals surface area contributed by atoms with Crippen LogP contribution in [0.5, 0.6) is 0 Å². The molecule has 2 N–H and O–H groups in total. The highest BCUT2D eigenvalue weighted by molar-refractivity contribution is 6.76. The minimum absolute atomic E-state index is 0.152. The Labute approximate surface area is 216 Å². The predicted molar refractivity (Wildman–Crippen MR) is 145 cm³/mol. The summed E-state index contributed by atoms with van der Waals surface area (Å²) in [7, 11) is -1.22. The summed E-state index contributed by atoms with van der Waals surface area (Å²) in [6.45, 7) is 12.0. The number of hydrogen-bond acceptors (Lipinski definition) is 6. The van der Waals surface area contributed by atoms with Gasteiger partial charge in [0.2, 0.25) is 0 Å². The van der Waals surface area contributed by atoms with Crippen LogP contribution in [0.3, 0.4) is 0 Å². The second kappa shape index (κ2) is 10.3. The van der Waals surface area contributed by atoms with E-state index in [4.69, 9.17) is 19.8 Å². The van der Waals surface area contributed by atoms with Crippen LogP contribution in [-0.4, -0.2) is 64.5 Å². The van der Waals surface area contributed by atoms with E-state index in [1.54, 1.807) is 18.5 Å². The van der Waals surface area contributed by atoms with Crippen molar-refractivity contribution in [2.75, 3.05) is 26.2 Å². The summed E-state index contributed by atoms with van der Waals surface area (Å²) in [5.41, 5.74) is 3.40. The molecule has 0 atom stereocenters. The number of aromatic nitrogens is 5. The molecule has 11 heteroatoms. The Hall–Kier alpha value is -3.15. The van der Waals surface area contributed by atoms with Gasteiger partial charge in [-0.25, -0.2) is 14.4 Å². The summed E-state index contributed by atoms with van der Waals surface area (Å²) in [6, 6.07) is 5.88. The maximum atomic E-state index is 14.1. The molecule has 0 spiro atoms.